The average molecular weight is 257 g/mol. The summed E-state index contributed by atoms with van der Waals surface area (Å²) in [6.45, 7) is 3.22. The molecular weight excluding hydrogens is 238 g/mol. The van der Waals surface area contributed by atoms with Crippen LogP contribution in [0.2, 0.25) is 0 Å². The quantitative estimate of drug-likeness (QED) is 0.440. The van der Waals surface area contributed by atoms with Crippen LogP contribution < -0.4 is 10.7 Å². The fraction of sp³-hybridized carbons (Fsp3) is 0.818. The Kier molecular flexibility index (Phi) is 5.15. The van der Waals surface area contributed by atoms with Crippen LogP contribution in [0.3, 0.4) is 0 Å². The lowest BCUT2D eigenvalue weighted by Gasteiger charge is -2.11. The first-order valence-electron chi connectivity index (χ1n) is 6.11. The lowest BCUT2D eigenvalue weighted by molar-refractivity contribution is 0.114. The Balaban J connectivity index is 1.56. The molecule has 0 bridgehead atoms. The van der Waals surface area contributed by atoms with Crippen molar-refractivity contribution >= 4 is 23.5 Å². The molecule has 0 aromatic heterocycles. The highest BCUT2D eigenvalue weighted by Gasteiger charge is 2.15. The summed E-state index contributed by atoms with van der Waals surface area (Å²) in [7, 11) is 0. The maximum absolute atomic E-state index is 5.48. The van der Waals surface area contributed by atoms with Crippen LogP contribution in [0.15, 0.2) is 5.10 Å². The van der Waals surface area contributed by atoms with Crippen LogP contribution in [0.4, 0.5) is 0 Å². The summed E-state index contributed by atoms with van der Waals surface area (Å²) in [5.41, 5.74) is 2.81. The molecule has 6 heteroatoms. The molecule has 17 heavy (non-hydrogen) atoms. The summed E-state index contributed by atoms with van der Waals surface area (Å²) >= 11 is 5.11. The minimum Gasteiger partial charge on any atom is -0.381 e. The van der Waals surface area contributed by atoms with Crippen LogP contribution in [0.5, 0.6) is 0 Å². The molecule has 96 valence electrons. The van der Waals surface area contributed by atoms with Crippen molar-refractivity contribution in [2.75, 3.05) is 26.4 Å². The van der Waals surface area contributed by atoms with Crippen molar-refractivity contribution in [3.8, 4) is 0 Å². The summed E-state index contributed by atoms with van der Waals surface area (Å²) in [6, 6.07) is 0. The summed E-state index contributed by atoms with van der Waals surface area (Å²) < 4.78 is 10.7. The first-order chi connectivity index (χ1) is 8.34. The Bertz CT molecular complexity index is 274. The van der Waals surface area contributed by atoms with Gasteiger partial charge >= 0.3 is 0 Å². The van der Waals surface area contributed by atoms with Gasteiger partial charge in [0.15, 0.2) is 5.11 Å². The van der Waals surface area contributed by atoms with Gasteiger partial charge in [-0.1, -0.05) is 0 Å². The van der Waals surface area contributed by atoms with Crippen molar-refractivity contribution in [3.05, 3.63) is 0 Å². The zero-order chi connectivity index (χ0) is 11.9. The first-order valence-corrected chi connectivity index (χ1v) is 6.52. The second-order valence-corrected chi connectivity index (χ2v) is 4.77. The summed E-state index contributed by atoms with van der Waals surface area (Å²) in [5.74, 6) is 0.420. The molecule has 2 N–H and O–H groups in total. The lowest BCUT2D eigenvalue weighted by atomic mass is 10.1. The molecule has 0 aliphatic carbocycles. The van der Waals surface area contributed by atoms with Gasteiger partial charge in [-0.2, -0.15) is 5.10 Å². The van der Waals surface area contributed by atoms with Crippen LogP contribution in [0, 0.1) is 5.92 Å². The van der Waals surface area contributed by atoms with Gasteiger partial charge in [-0.15, -0.1) is 0 Å². The van der Waals surface area contributed by atoms with E-state index in [0.29, 0.717) is 17.1 Å². The molecule has 5 nitrogen and oxygen atoms in total. The third kappa shape index (κ3) is 4.57. The Morgan fingerprint density at radius 1 is 1.41 bits per heavy atom. The average Bonchev–Trinajstić information content (AvgIpc) is 2.99. The predicted octanol–water partition coefficient (Wildman–Crippen LogP) is 0.652. The number of ether oxygens (including phenoxy) is 2. The monoisotopic (exact) mass is 257 g/mol. The lowest BCUT2D eigenvalue weighted by Crippen LogP contribution is -2.37. The Labute approximate surface area is 107 Å². The molecular formula is C11H19N3O2S. The number of hydrazone groups is 1. The largest absolute Gasteiger partial charge is 0.381 e. The smallest absolute Gasteiger partial charge is 0.187 e. The Morgan fingerprint density at radius 2 is 2.35 bits per heavy atom. The van der Waals surface area contributed by atoms with E-state index in [2.05, 4.69) is 15.8 Å². The molecule has 0 saturated carbocycles. The van der Waals surface area contributed by atoms with Gasteiger partial charge in [-0.05, 0) is 31.5 Å². The standard InChI is InChI=1S/C11H19N3O2S/c17-11(12-7-10-2-1-4-16-10)14-13-6-9-3-5-15-8-9/h6,9-10H,1-5,7-8H2,(H2,12,14,17)/t9-,10-/m0/s1. The number of rotatable bonds is 4. The molecule has 2 aliphatic rings. The molecule has 2 heterocycles. The summed E-state index contributed by atoms with van der Waals surface area (Å²) in [5, 5.41) is 7.75. The second-order valence-electron chi connectivity index (χ2n) is 4.36. The minimum absolute atomic E-state index is 0.293. The first kappa shape index (κ1) is 12.7. The van der Waals surface area contributed by atoms with E-state index in [1.54, 1.807) is 0 Å². The molecule has 0 aromatic carbocycles. The van der Waals surface area contributed by atoms with Crippen molar-refractivity contribution in [1.82, 2.24) is 10.7 Å². The van der Waals surface area contributed by atoms with Gasteiger partial charge in [0.25, 0.3) is 0 Å². The minimum atomic E-state index is 0.293. The van der Waals surface area contributed by atoms with Gasteiger partial charge in [0.2, 0.25) is 0 Å². The van der Waals surface area contributed by atoms with E-state index >= 15 is 0 Å². The summed E-state index contributed by atoms with van der Waals surface area (Å²) in [6.07, 6.45) is 5.46. The summed E-state index contributed by atoms with van der Waals surface area (Å²) in [4.78, 5) is 0. The molecule has 0 unspecified atom stereocenters. The van der Waals surface area contributed by atoms with Gasteiger partial charge in [-0.25, -0.2) is 0 Å². The molecule has 2 saturated heterocycles. The Morgan fingerprint density at radius 3 is 3.06 bits per heavy atom. The number of hydrogen-bond donors (Lipinski definition) is 2. The van der Waals surface area contributed by atoms with Gasteiger partial charge in [0.05, 0.1) is 12.7 Å². The normalized spacial score (nSPS) is 28.7. The predicted molar refractivity (Wildman–Crippen MR) is 70.1 cm³/mol. The molecule has 0 radical (unpaired) electrons. The second kappa shape index (κ2) is 6.88. The molecule has 2 atom stereocenters. The topological polar surface area (TPSA) is 54.9 Å². The number of thiocarbonyl (C=S) groups is 1. The highest BCUT2D eigenvalue weighted by atomic mass is 32.1. The molecule has 2 fully saturated rings. The van der Waals surface area contributed by atoms with Crippen LogP contribution in [-0.4, -0.2) is 43.8 Å². The van der Waals surface area contributed by atoms with E-state index in [9.17, 15) is 0 Å². The number of nitrogens with zero attached hydrogens (tertiary/aromatic N) is 1. The fourth-order valence-electron chi connectivity index (χ4n) is 1.92. The van der Waals surface area contributed by atoms with Crippen molar-refractivity contribution in [2.45, 2.75) is 25.4 Å². The highest BCUT2D eigenvalue weighted by molar-refractivity contribution is 7.80. The van der Waals surface area contributed by atoms with Crippen molar-refractivity contribution in [3.63, 3.8) is 0 Å². The molecule has 2 rings (SSSR count). The van der Waals surface area contributed by atoms with Crippen molar-refractivity contribution < 1.29 is 9.47 Å². The SMILES string of the molecule is S=C(NC[C@@H]1CCCO1)NN=C[C@@H]1CCOC1. The van der Waals surface area contributed by atoms with Crippen molar-refractivity contribution in [2.24, 2.45) is 11.0 Å². The van der Waals surface area contributed by atoms with E-state index in [4.69, 9.17) is 21.7 Å². The van der Waals surface area contributed by atoms with Crippen LogP contribution in [0.25, 0.3) is 0 Å². The van der Waals surface area contributed by atoms with Crippen LogP contribution in [0.1, 0.15) is 19.3 Å². The van der Waals surface area contributed by atoms with E-state index in [1.807, 2.05) is 6.21 Å². The van der Waals surface area contributed by atoms with Gasteiger partial charge < -0.3 is 14.8 Å². The zero-order valence-corrected chi connectivity index (χ0v) is 10.7. The fourth-order valence-corrected chi connectivity index (χ4v) is 2.06. The van der Waals surface area contributed by atoms with Gasteiger partial charge in [0, 0.05) is 31.9 Å². The van der Waals surface area contributed by atoms with E-state index in [1.165, 1.54) is 0 Å². The molecule has 0 aromatic rings. The van der Waals surface area contributed by atoms with Gasteiger partial charge in [-0.3, -0.25) is 5.43 Å². The van der Waals surface area contributed by atoms with Crippen LogP contribution in [-0.2, 0) is 9.47 Å². The molecule has 0 spiro atoms. The maximum atomic E-state index is 5.48. The Hall–Kier alpha value is -0.720. The van der Waals surface area contributed by atoms with Crippen LogP contribution >= 0.6 is 12.2 Å². The zero-order valence-electron chi connectivity index (χ0n) is 9.85. The maximum Gasteiger partial charge on any atom is 0.187 e. The molecule has 0 amide bonds. The van der Waals surface area contributed by atoms with E-state index in [-0.39, 0.29) is 0 Å². The van der Waals surface area contributed by atoms with E-state index in [0.717, 1.165) is 45.6 Å². The van der Waals surface area contributed by atoms with Crippen molar-refractivity contribution in [1.29, 1.82) is 0 Å². The van der Waals surface area contributed by atoms with Gasteiger partial charge in [0.1, 0.15) is 0 Å². The number of hydrogen-bond acceptors (Lipinski definition) is 4. The number of nitrogens with one attached hydrogen (secondary N) is 2. The van der Waals surface area contributed by atoms with E-state index < -0.39 is 0 Å². The third-order valence-corrected chi connectivity index (χ3v) is 3.17. The molecule has 2 aliphatic heterocycles. The highest BCUT2D eigenvalue weighted by Crippen LogP contribution is 2.10. The third-order valence-electron chi connectivity index (χ3n) is 2.93.